The summed E-state index contributed by atoms with van der Waals surface area (Å²) in [6.45, 7) is 13.7. The Kier molecular flexibility index (Phi) is 3.84. The van der Waals surface area contributed by atoms with Crippen LogP contribution in [0.15, 0.2) is 23.8 Å². The molecule has 0 radical (unpaired) electrons. The molecule has 2 aliphatic carbocycles. The Balaban J connectivity index is 1.62. The molecule has 3 aliphatic rings. The van der Waals surface area contributed by atoms with Gasteiger partial charge in [0, 0.05) is 0 Å². The van der Waals surface area contributed by atoms with Gasteiger partial charge in [0.1, 0.15) is 0 Å². The van der Waals surface area contributed by atoms with E-state index in [2.05, 4.69) is 40.3 Å². The minimum atomic E-state index is 0.154. The van der Waals surface area contributed by atoms with E-state index >= 15 is 0 Å². The summed E-state index contributed by atoms with van der Waals surface area (Å²) in [5.74, 6) is 1.65. The quantitative estimate of drug-likeness (QED) is 0.482. The Bertz CT molecular complexity index is 458. The van der Waals surface area contributed by atoms with E-state index in [-0.39, 0.29) is 5.60 Å². The van der Waals surface area contributed by atoms with Crippen molar-refractivity contribution in [2.45, 2.75) is 84.3 Å². The van der Waals surface area contributed by atoms with E-state index in [1.165, 1.54) is 50.5 Å². The molecule has 2 fully saturated rings. The Morgan fingerprint density at radius 3 is 2.67 bits per heavy atom. The van der Waals surface area contributed by atoms with E-state index in [0.29, 0.717) is 11.5 Å². The van der Waals surface area contributed by atoms with Gasteiger partial charge in [-0.25, -0.2) is 0 Å². The molecule has 3 rings (SSSR count). The number of ether oxygens (including phenoxy) is 1. The van der Waals surface area contributed by atoms with E-state index < -0.39 is 0 Å². The highest BCUT2D eigenvalue weighted by atomic mass is 16.6. The molecule has 21 heavy (non-hydrogen) atoms. The van der Waals surface area contributed by atoms with Crippen molar-refractivity contribution in [1.29, 1.82) is 0 Å². The average molecular weight is 288 g/mol. The summed E-state index contributed by atoms with van der Waals surface area (Å²) in [5, 5.41) is 0. The van der Waals surface area contributed by atoms with Crippen LogP contribution in [0.4, 0.5) is 0 Å². The first-order valence-electron chi connectivity index (χ1n) is 8.83. The molecule has 0 aromatic carbocycles. The van der Waals surface area contributed by atoms with Crippen molar-refractivity contribution in [2.75, 3.05) is 0 Å². The molecule has 118 valence electrons. The van der Waals surface area contributed by atoms with Crippen molar-refractivity contribution in [3.63, 3.8) is 0 Å². The van der Waals surface area contributed by atoms with Crippen LogP contribution in [0.5, 0.6) is 0 Å². The number of fused-ring (bicyclic) bond motifs is 1. The van der Waals surface area contributed by atoms with Crippen molar-refractivity contribution in [1.82, 2.24) is 0 Å². The highest BCUT2D eigenvalue weighted by molar-refractivity contribution is 5.17. The van der Waals surface area contributed by atoms with Gasteiger partial charge in [0.15, 0.2) is 0 Å². The van der Waals surface area contributed by atoms with Gasteiger partial charge in [-0.3, -0.25) is 0 Å². The van der Waals surface area contributed by atoms with Crippen LogP contribution in [0.1, 0.15) is 72.6 Å². The van der Waals surface area contributed by atoms with E-state index in [9.17, 15) is 0 Å². The van der Waals surface area contributed by atoms with Crippen LogP contribution in [-0.4, -0.2) is 11.7 Å². The molecule has 0 bridgehead atoms. The van der Waals surface area contributed by atoms with Crippen LogP contribution in [0.2, 0.25) is 0 Å². The molecule has 0 aromatic rings. The van der Waals surface area contributed by atoms with Crippen molar-refractivity contribution >= 4 is 0 Å². The summed E-state index contributed by atoms with van der Waals surface area (Å²) in [4.78, 5) is 0. The van der Waals surface area contributed by atoms with Crippen molar-refractivity contribution in [3.05, 3.63) is 23.8 Å². The minimum absolute atomic E-state index is 0.154. The number of epoxide rings is 1. The molecule has 1 saturated heterocycles. The molecule has 1 nitrogen and oxygen atoms in total. The van der Waals surface area contributed by atoms with E-state index in [1.807, 2.05) is 0 Å². The number of rotatable bonds is 3. The van der Waals surface area contributed by atoms with Crippen molar-refractivity contribution in [3.8, 4) is 0 Å². The zero-order valence-electron chi connectivity index (χ0n) is 14.4. The molecule has 2 unspecified atom stereocenters. The number of allylic oxidation sites excluding steroid dienone is 3. The first-order chi connectivity index (χ1) is 9.82. The van der Waals surface area contributed by atoms with Crippen LogP contribution in [0.3, 0.4) is 0 Å². The molecule has 1 saturated carbocycles. The SMILES string of the molecule is C=C1CC/C=C(\C)CC[C@@H]2[C@@H]1CC2(C)CCC1OC1(C)C. The van der Waals surface area contributed by atoms with Gasteiger partial charge in [-0.2, -0.15) is 0 Å². The lowest BCUT2D eigenvalue weighted by molar-refractivity contribution is -0.0241. The molecular weight excluding hydrogens is 256 g/mol. The van der Waals surface area contributed by atoms with E-state index in [1.54, 1.807) is 5.57 Å². The van der Waals surface area contributed by atoms with Crippen LogP contribution in [0.25, 0.3) is 0 Å². The zero-order valence-corrected chi connectivity index (χ0v) is 14.4. The lowest BCUT2D eigenvalue weighted by atomic mass is 9.50. The summed E-state index contributed by atoms with van der Waals surface area (Å²) in [5.41, 5.74) is 3.79. The molecular formula is C20H32O. The number of hydrogen-bond donors (Lipinski definition) is 0. The standard InChI is InChI=1S/C20H32O/c1-14-7-6-8-15(2)16-13-20(5,17(16)10-9-14)12-11-18-19(3,4)21-18/h7,16-18H,2,6,8-13H2,1,3-5H3/b14-7+/t16-,17-,18?,20?/m1/s1. The van der Waals surface area contributed by atoms with E-state index in [4.69, 9.17) is 4.74 Å². The van der Waals surface area contributed by atoms with Crippen molar-refractivity contribution < 1.29 is 4.74 Å². The fourth-order valence-corrected chi connectivity index (χ4v) is 4.76. The van der Waals surface area contributed by atoms with Crippen LogP contribution in [-0.2, 0) is 4.74 Å². The molecule has 0 amide bonds. The number of hydrogen-bond acceptors (Lipinski definition) is 1. The maximum Gasteiger partial charge on any atom is 0.0892 e. The van der Waals surface area contributed by atoms with Crippen molar-refractivity contribution in [2.24, 2.45) is 17.3 Å². The minimum Gasteiger partial charge on any atom is -0.367 e. The monoisotopic (exact) mass is 288 g/mol. The first kappa shape index (κ1) is 15.3. The van der Waals surface area contributed by atoms with Gasteiger partial charge in [-0.15, -0.1) is 0 Å². The highest BCUT2D eigenvalue weighted by Gasteiger charge is 2.53. The summed E-state index contributed by atoms with van der Waals surface area (Å²) in [6.07, 6.45) is 11.9. The second kappa shape index (κ2) is 5.26. The maximum absolute atomic E-state index is 5.78. The van der Waals surface area contributed by atoms with Crippen LogP contribution in [0, 0.1) is 17.3 Å². The topological polar surface area (TPSA) is 12.5 Å². The average Bonchev–Trinajstić information content (AvgIpc) is 2.99. The molecule has 4 atom stereocenters. The lowest BCUT2D eigenvalue weighted by Gasteiger charge is -2.55. The molecule has 0 aromatic heterocycles. The first-order valence-corrected chi connectivity index (χ1v) is 8.83. The third kappa shape index (κ3) is 2.99. The maximum atomic E-state index is 5.78. The van der Waals surface area contributed by atoms with Gasteiger partial charge in [0.2, 0.25) is 0 Å². The predicted octanol–water partition coefficient (Wildman–Crippen LogP) is 5.66. The highest BCUT2D eigenvalue weighted by Crippen LogP contribution is 2.60. The summed E-state index contributed by atoms with van der Waals surface area (Å²) >= 11 is 0. The van der Waals surface area contributed by atoms with E-state index in [0.717, 1.165) is 11.8 Å². The molecule has 1 heterocycles. The van der Waals surface area contributed by atoms with Crippen LogP contribution < -0.4 is 0 Å². The van der Waals surface area contributed by atoms with Gasteiger partial charge in [0.25, 0.3) is 0 Å². The van der Waals surface area contributed by atoms with Gasteiger partial charge in [-0.1, -0.05) is 30.7 Å². The summed E-state index contributed by atoms with van der Waals surface area (Å²) in [6, 6.07) is 0. The Morgan fingerprint density at radius 2 is 2.00 bits per heavy atom. The Hall–Kier alpha value is -0.560. The Morgan fingerprint density at radius 1 is 1.29 bits per heavy atom. The molecule has 1 aliphatic heterocycles. The Labute approximate surface area is 130 Å². The van der Waals surface area contributed by atoms with Gasteiger partial charge in [0.05, 0.1) is 11.7 Å². The largest absolute Gasteiger partial charge is 0.367 e. The molecule has 0 spiro atoms. The lowest BCUT2D eigenvalue weighted by Crippen LogP contribution is -2.46. The predicted molar refractivity (Wildman–Crippen MR) is 89.3 cm³/mol. The zero-order chi connectivity index (χ0) is 15.3. The third-order valence-corrected chi connectivity index (χ3v) is 6.54. The van der Waals surface area contributed by atoms with Gasteiger partial charge >= 0.3 is 0 Å². The normalized spacial score (nSPS) is 44.5. The third-order valence-electron chi connectivity index (χ3n) is 6.54. The molecule has 1 heteroatoms. The second-order valence-corrected chi connectivity index (χ2v) is 8.61. The van der Waals surface area contributed by atoms with Gasteiger partial charge < -0.3 is 4.74 Å². The second-order valence-electron chi connectivity index (χ2n) is 8.61. The summed E-state index contributed by atoms with van der Waals surface area (Å²) < 4.78 is 5.78. The fourth-order valence-electron chi connectivity index (χ4n) is 4.76. The van der Waals surface area contributed by atoms with Crippen LogP contribution >= 0.6 is 0 Å². The molecule has 0 N–H and O–H groups in total. The smallest absolute Gasteiger partial charge is 0.0892 e. The van der Waals surface area contributed by atoms with Gasteiger partial charge in [-0.05, 0) is 83.0 Å². The summed E-state index contributed by atoms with van der Waals surface area (Å²) in [7, 11) is 0. The fraction of sp³-hybridized carbons (Fsp3) is 0.800.